The van der Waals surface area contributed by atoms with Gasteiger partial charge in [-0.1, -0.05) is 22.9 Å². The summed E-state index contributed by atoms with van der Waals surface area (Å²) in [7, 11) is 0. The predicted molar refractivity (Wildman–Crippen MR) is 74.6 cm³/mol. The number of halogens is 1. The number of furan rings is 1. The standard InChI is InChI=1S/C14H13BrN2O/c1-2-11-12-7-10(15)3-4-13(12)18-14(11)8-17-6-5-16-9-17/h3-7,9H,2,8H2,1H3. The first-order valence-electron chi connectivity index (χ1n) is 5.93. The Kier molecular flexibility index (Phi) is 2.96. The highest BCUT2D eigenvalue weighted by molar-refractivity contribution is 9.10. The first-order chi connectivity index (χ1) is 8.78. The Hall–Kier alpha value is -1.55. The summed E-state index contributed by atoms with van der Waals surface area (Å²) in [6, 6.07) is 6.14. The van der Waals surface area contributed by atoms with E-state index in [9.17, 15) is 0 Å². The Balaban J connectivity index is 2.11. The van der Waals surface area contributed by atoms with Crippen LogP contribution in [0.4, 0.5) is 0 Å². The molecule has 0 radical (unpaired) electrons. The van der Waals surface area contributed by atoms with Gasteiger partial charge >= 0.3 is 0 Å². The number of aryl methyl sites for hydroxylation is 1. The third-order valence-corrected chi connectivity index (χ3v) is 3.57. The molecule has 0 spiro atoms. The SMILES string of the molecule is CCc1c(Cn2ccnc2)oc2ccc(Br)cc12. The lowest BCUT2D eigenvalue weighted by atomic mass is 10.1. The van der Waals surface area contributed by atoms with Crippen molar-refractivity contribution in [2.24, 2.45) is 0 Å². The Labute approximate surface area is 114 Å². The van der Waals surface area contributed by atoms with Gasteiger partial charge in [-0.15, -0.1) is 0 Å². The average Bonchev–Trinajstić information content (AvgIpc) is 2.96. The Morgan fingerprint density at radius 3 is 3.00 bits per heavy atom. The second kappa shape index (κ2) is 4.61. The average molecular weight is 305 g/mol. The number of hydrogen-bond acceptors (Lipinski definition) is 2. The van der Waals surface area contributed by atoms with E-state index in [2.05, 4.69) is 33.9 Å². The van der Waals surface area contributed by atoms with Crippen LogP contribution in [0.1, 0.15) is 18.2 Å². The zero-order chi connectivity index (χ0) is 12.5. The molecule has 3 rings (SSSR count). The molecule has 0 aliphatic carbocycles. The van der Waals surface area contributed by atoms with Gasteiger partial charge in [-0.3, -0.25) is 0 Å². The van der Waals surface area contributed by atoms with E-state index in [0.717, 1.165) is 28.8 Å². The number of hydrogen-bond donors (Lipinski definition) is 0. The normalized spacial score (nSPS) is 11.2. The fourth-order valence-electron chi connectivity index (χ4n) is 2.23. The predicted octanol–water partition coefficient (Wildman–Crippen LogP) is 4.00. The van der Waals surface area contributed by atoms with Crippen LogP contribution >= 0.6 is 15.9 Å². The fourth-order valence-corrected chi connectivity index (χ4v) is 2.59. The number of nitrogens with zero attached hydrogens (tertiary/aromatic N) is 2. The molecule has 0 unspecified atom stereocenters. The minimum atomic E-state index is 0.732. The van der Waals surface area contributed by atoms with Gasteiger partial charge in [0.2, 0.25) is 0 Å². The van der Waals surface area contributed by atoms with Crippen molar-refractivity contribution in [1.82, 2.24) is 9.55 Å². The van der Waals surface area contributed by atoms with Gasteiger partial charge in [-0.2, -0.15) is 0 Å². The van der Waals surface area contributed by atoms with E-state index in [1.54, 1.807) is 6.20 Å². The van der Waals surface area contributed by atoms with Gasteiger partial charge in [0, 0.05) is 27.8 Å². The van der Waals surface area contributed by atoms with Crippen molar-refractivity contribution < 1.29 is 4.42 Å². The summed E-state index contributed by atoms with van der Waals surface area (Å²) in [5.41, 5.74) is 2.23. The third kappa shape index (κ3) is 1.97. The molecule has 18 heavy (non-hydrogen) atoms. The van der Waals surface area contributed by atoms with Crippen LogP contribution in [0.2, 0.25) is 0 Å². The van der Waals surface area contributed by atoms with E-state index in [0.29, 0.717) is 0 Å². The topological polar surface area (TPSA) is 31.0 Å². The summed E-state index contributed by atoms with van der Waals surface area (Å²) in [6.45, 7) is 2.89. The van der Waals surface area contributed by atoms with Crippen molar-refractivity contribution in [2.75, 3.05) is 0 Å². The molecule has 0 fully saturated rings. The van der Waals surface area contributed by atoms with E-state index >= 15 is 0 Å². The fraction of sp³-hybridized carbons (Fsp3) is 0.214. The number of aromatic nitrogens is 2. The lowest BCUT2D eigenvalue weighted by Gasteiger charge is -2.01. The van der Waals surface area contributed by atoms with Gasteiger partial charge in [0.25, 0.3) is 0 Å². The molecule has 2 heterocycles. The summed E-state index contributed by atoms with van der Waals surface area (Å²) in [4.78, 5) is 4.06. The highest BCUT2D eigenvalue weighted by Crippen LogP contribution is 2.29. The van der Waals surface area contributed by atoms with Gasteiger partial charge in [-0.05, 0) is 24.6 Å². The van der Waals surface area contributed by atoms with Crippen molar-refractivity contribution >= 4 is 26.9 Å². The Morgan fingerprint density at radius 2 is 2.28 bits per heavy atom. The van der Waals surface area contributed by atoms with Crippen molar-refractivity contribution in [2.45, 2.75) is 19.9 Å². The molecule has 0 saturated carbocycles. The molecule has 3 nitrogen and oxygen atoms in total. The zero-order valence-electron chi connectivity index (χ0n) is 10.1. The molecule has 4 heteroatoms. The molecule has 0 aliphatic rings. The van der Waals surface area contributed by atoms with E-state index in [-0.39, 0.29) is 0 Å². The van der Waals surface area contributed by atoms with Crippen LogP contribution in [0.5, 0.6) is 0 Å². The summed E-state index contributed by atoms with van der Waals surface area (Å²) in [6.07, 6.45) is 6.50. The minimum absolute atomic E-state index is 0.732. The largest absolute Gasteiger partial charge is 0.459 e. The number of imidazole rings is 1. The molecule has 0 amide bonds. The van der Waals surface area contributed by atoms with Crippen LogP contribution in [-0.2, 0) is 13.0 Å². The Bertz CT molecular complexity index is 670. The maximum atomic E-state index is 5.95. The zero-order valence-corrected chi connectivity index (χ0v) is 11.6. The summed E-state index contributed by atoms with van der Waals surface area (Å²) < 4.78 is 9.05. The highest BCUT2D eigenvalue weighted by Gasteiger charge is 2.13. The first-order valence-corrected chi connectivity index (χ1v) is 6.72. The number of benzene rings is 1. The lowest BCUT2D eigenvalue weighted by Crippen LogP contribution is -1.97. The van der Waals surface area contributed by atoms with E-state index < -0.39 is 0 Å². The number of fused-ring (bicyclic) bond motifs is 1. The maximum Gasteiger partial charge on any atom is 0.134 e. The van der Waals surface area contributed by atoms with Crippen molar-refractivity contribution in [3.8, 4) is 0 Å². The smallest absolute Gasteiger partial charge is 0.134 e. The third-order valence-electron chi connectivity index (χ3n) is 3.08. The molecule has 1 aromatic carbocycles. The molecule has 92 valence electrons. The van der Waals surface area contributed by atoms with Gasteiger partial charge in [-0.25, -0.2) is 4.98 Å². The van der Waals surface area contributed by atoms with E-state index in [1.807, 2.05) is 29.2 Å². The van der Waals surface area contributed by atoms with Gasteiger partial charge in [0.15, 0.2) is 0 Å². The minimum Gasteiger partial charge on any atom is -0.459 e. The van der Waals surface area contributed by atoms with E-state index in [1.165, 1.54) is 10.9 Å². The van der Waals surface area contributed by atoms with Crippen LogP contribution in [0.25, 0.3) is 11.0 Å². The van der Waals surface area contributed by atoms with Gasteiger partial charge in [0.1, 0.15) is 11.3 Å². The van der Waals surface area contributed by atoms with Crippen LogP contribution in [0.15, 0.2) is 45.8 Å². The summed E-state index contributed by atoms with van der Waals surface area (Å²) in [5, 5.41) is 1.20. The molecule has 0 atom stereocenters. The van der Waals surface area contributed by atoms with Gasteiger partial charge in [0.05, 0.1) is 12.9 Å². The molecule has 3 aromatic rings. The van der Waals surface area contributed by atoms with Crippen LogP contribution in [0.3, 0.4) is 0 Å². The van der Waals surface area contributed by atoms with Gasteiger partial charge < -0.3 is 8.98 Å². The molecular formula is C14H13BrN2O. The Morgan fingerprint density at radius 1 is 1.39 bits per heavy atom. The molecule has 0 aliphatic heterocycles. The van der Waals surface area contributed by atoms with Crippen molar-refractivity contribution in [3.05, 3.63) is 52.7 Å². The van der Waals surface area contributed by atoms with Crippen LogP contribution in [-0.4, -0.2) is 9.55 Å². The molecule has 2 aromatic heterocycles. The molecule has 0 bridgehead atoms. The first kappa shape index (κ1) is 11.5. The summed E-state index contributed by atoms with van der Waals surface area (Å²) in [5.74, 6) is 1.02. The molecular weight excluding hydrogens is 292 g/mol. The van der Waals surface area contributed by atoms with E-state index in [4.69, 9.17) is 4.42 Å². The maximum absolute atomic E-state index is 5.95. The number of rotatable bonds is 3. The summed E-state index contributed by atoms with van der Waals surface area (Å²) >= 11 is 3.51. The quantitative estimate of drug-likeness (QED) is 0.732. The van der Waals surface area contributed by atoms with Crippen LogP contribution < -0.4 is 0 Å². The van der Waals surface area contributed by atoms with Crippen molar-refractivity contribution in [1.29, 1.82) is 0 Å². The second-order valence-electron chi connectivity index (χ2n) is 4.23. The molecule has 0 saturated heterocycles. The second-order valence-corrected chi connectivity index (χ2v) is 5.15. The molecule has 0 N–H and O–H groups in total. The van der Waals surface area contributed by atoms with Crippen LogP contribution in [0, 0.1) is 0 Å². The highest BCUT2D eigenvalue weighted by atomic mass is 79.9. The monoisotopic (exact) mass is 304 g/mol. The lowest BCUT2D eigenvalue weighted by molar-refractivity contribution is 0.522. The van der Waals surface area contributed by atoms with Crippen molar-refractivity contribution in [3.63, 3.8) is 0 Å².